The van der Waals surface area contributed by atoms with Crippen molar-refractivity contribution in [1.82, 2.24) is 4.90 Å². The Balaban J connectivity index is 1.27. The molecule has 2 aliphatic carbocycles. The van der Waals surface area contributed by atoms with Crippen molar-refractivity contribution >= 4 is 23.4 Å². The van der Waals surface area contributed by atoms with E-state index in [0.29, 0.717) is 17.9 Å². The normalized spacial score (nSPS) is 31.4. The number of nitrogens with one attached hydrogen (secondary N) is 1. The monoisotopic (exact) mass is 387 g/mol. The Labute approximate surface area is 167 Å². The van der Waals surface area contributed by atoms with E-state index in [1.54, 1.807) is 0 Å². The number of nitrogens with zero attached hydrogens (tertiary/aromatic N) is 1. The molecule has 1 amide bonds. The minimum atomic E-state index is 0.136. The molecule has 3 N–H and O–H groups in total. The third kappa shape index (κ3) is 4.87. The number of rotatable bonds is 5. The maximum Gasteiger partial charge on any atom is 0.227 e. The van der Waals surface area contributed by atoms with Crippen molar-refractivity contribution in [3.05, 3.63) is 29.8 Å². The number of hydrogen-bond acceptors (Lipinski definition) is 4. The summed E-state index contributed by atoms with van der Waals surface area (Å²) in [6, 6.07) is 8.78. The fourth-order valence-corrected chi connectivity index (χ4v) is 6.09. The van der Waals surface area contributed by atoms with E-state index in [4.69, 9.17) is 5.73 Å². The average molecular weight is 388 g/mol. The number of nitrogens with two attached hydrogens (primary N) is 1. The van der Waals surface area contributed by atoms with E-state index in [1.165, 1.54) is 49.4 Å². The highest BCUT2D eigenvalue weighted by Crippen LogP contribution is 2.42. The largest absolute Gasteiger partial charge is 0.327 e. The van der Waals surface area contributed by atoms with Crippen molar-refractivity contribution in [3.8, 4) is 0 Å². The number of carbonyl (C=O) groups is 1. The van der Waals surface area contributed by atoms with Gasteiger partial charge in [0, 0.05) is 48.8 Å². The Morgan fingerprint density at radius 1 is 1.11 bits per heavy atom. The molecule has 1 heterocycles. The first-order valence-electron chi connectivity index (χ1n) is 10.6. The van der Waals surface area contributed by atoms with E-state index < -0.39 is 0 Å². The Morgan fingerprint density at radius 2 is 1.78 bits per heavy atom. The summed E-state index contributed by atoms with van der Waals surface area (Å²) in [6.45, 7) is 3.56. The van der Waals surface area contributed by atoms with Crippen LogP contribution in [0.2, 0.25) is 0 Å². The summed E-state index contributed by atoms with van der Waals surface area (Å²) >= 11 is 2.06. The van der Waals surface area contributed by atoms with Crippen LogP contribution in [0.5, 0.6) is 0 Å². The molecule has 2 unspecified atom stereocenters. The number of thioether (sulfide) groups is 1. The molecular formula is C22H33N3OS. The quantitative estimate of drug-likeness (QED) is 0.813. The van der Waals surface area contributed by atoms with E-state index in [-0.39, 0.29) is 11.8 Å². The first kappa shape index (κ1) is 19.3. The molecule has 2 atom stereocenters. The lowest BCUT2D eigenvalue weighted by molar-refractivity contribution is -0.122. The fraction of sp³-hybridized carbons (Fsp3) is 0.682. The number of fused-ring (bicyclic) bond motifs is 2. The predicted octanol–water partition coefficient (Wildman–Crippen LogP) is 3.37. The van der Waals surface area contributed by atoms with Crippen LogP contribution in [0.4, 0.5) is 5.69 Å². The number of hydrogen-bond donors (Lipinski definition) is 2. The Kier molecular flexibility index (Phi) is 6.41. The molecule has 0 spiro atoms. The van der Waals surface area contributed by atoms with Gasteiger partial charge in [-0.3, -0.25) is 4.79 Å². The third-order valence-electron chi connectivity index (χ3n) is 6.83. The van der Waals surface area contributed by atoms with E-state index in [2.05, 4.69) is 46.2 Å². The molecule has 0 radical (unpaired) electrons. The lowest BCUT2D eigenvalue weighted by atomic mass is 9.65. The molecule has 2 bridgehead atoms. The van der Waals surface area contributed by atoms with Gasteiger partial charge in [0.15, 0.2) is 0 Å². The summed E-state index contributed by atoms with van der Waals surface area (Å²) in [5.41, 5.74) is 8.64. The van der Waals surface area contributed by atoms with Gasteiger partial charge in [-0.1, -0.05) is 18.6 Å². The second-order valence-electron chi connectivity index (χ2n) is 8.59. The molecule has 1 aromatic rings. The molecule has 1 aromatic carbocycles. The minimum Gasteiger partial charge on any atom is -0.327 e. The van der Waals surface area contributed by atoms with E-state index in [1.807, 2.05) is 0 Å². The Bertz CT molecular complexity index is 615. The second-order valence-corrected chi connectivity index (χ2v) is 9.81. The van der Waals surface area contributed by atoms with Gasteiger partial charge in [-0.25, -0.2) is 0 Å². The van der Waals surface area contributed by atoms with Crippen LogP contribution >= 0.6 is 11.8 Å². The van der Waals surface area contributed by atoms with E-state index >= 15 is 0 Å². The van der Waals surface area contributed by atoms with Gasteiger partial charge in [0.1, 0.15) is 0 Å². The molecule has 0 aromatic heterocycles. The minimum absolute atomic E-state index is 0.136. The van der Waals surface area contributed by atoms with Crippen molar-refractivity contribution < 1.29 is 4.79 Å². The van der Waals surface area contributed by atoms with Gasteiger partial charge in [0.2, 0.25) is 5.91 Å². The number of carbonyl (C=O) groups excluding carboxylic acids is 1. The zero-order valence-electron chi connectivity index (χ0n) is 16.2. The molecule has 148 valence electrons. The van der Waals surface area contributed by atoms with Gasteiger partial charge in [0.05, 0.1) is 0 Å². The van der Waals surface area contributed by atoms with Crippen LogP contribution in [0.25, 0.3) is 0 Å². The van der Waals surface area contributed by atoms with Crippen LogP contribution in [-0.2, 0) is 11.2 Å². The first-order valence-corrected chi connectivity index (χ1v) is 11.8. The fourth-order valence-electron chi connectivity index (χ4n) is 5.11. The molecule has 4 rings (SSSR count). The lowest BCUT2D eigenvalue weighted by Crippen LogP contribution is -2.48. The van der Waals surface area contributed by atoms with Gasteiger partial charge in [-0.05, 0) is 61.6 Å². The van der Waals surface area contributed by atoms with Crippen LogP contribution < -0.4 is 11.1 Å². The molecule has 1 saturated heterocycles. The lowest BCUT2D eigenvalue weighted by Gasteiger charge is -2.43. The highest BCUT2D eigenvalue weighted by molar-refractivity contribution is 7.99. The average Bonchev–Trinajstić information content (AvgIpc) is 2.68. The standard InChI is InChI=1S/C22H33N3OS/c23-21-17-2-1-3-18(21)15-19(14-17)22(26)24-20-6-4-16(5-7-20)8-9-25-10-12-27-13-11-25/h4-7,17-19,21H,1-3,8-15,23H2,(H,24,26). The maximum atomic E-state index is 12.8. The predicted molar refractivity (Wildman–Crippen MR) is 114 cm³/mol. The highest BCUT2D eigenvalue weighted by Gasteiger charge is 2.40. The van der Waals surface area contributed by atoms with Crippen LogP contribution in [0.1, 0.15) is 37.7 Å². The topological polar surface area (TPSA) is 58.4 Å². The molecular weight excluding hydrogens is 354 g/mol. The zero-order valence-corrected chi connectivity index (χ0v) is 17.1. The molecule has 27 heavy (non-hydrogen) atoms. The summed E-state index contributed by atoms with van der Waals surface area (Å²) in [7, 11) is 0. The molecule has 3 fully saturated rings. The van der Waals surface area contributed by atoms with Gasteiger partial charge < -0.3 is 16.0 Å². The Hall–Kier alpha value is -1.04. The molecule has 1 aliphatic heterocycles. The summed E-state index contributed by atoms with van der Waals surface area (Å²) in [4.78, 5) is 15.3. The molecule has 2 saturated carbocycles. The number of amides is 1. The van der Waals surface area contributed by atoms with E-state index in [9.17, 15) is 4.79 Å². The van der Waals surface area contributed by atoms with Crippen LogP contribution in [0.15, 0.2) is 24.3 Å². The van der Waals surface area contributed by atoms with Crippen LogP contribution in [0, 0.1) is 17.8 Å². The van der Waals surface area contributed by atoms with Crippen molar-refractivity contribution in [2.45, 2.75) is 44.6 Å². The smallest absolute Gasteiger partial charge is 0.227 e. The van der Waals surface area contributed by atoms with Crippen molar-refractivity contribution in [1.29, 1.82) is 0 Å². The van der Waals surface area contributed by atoms with Crippen molar-refractivity contribution in [3.63, 3.8) is 0 Å². The van der Waals surface area contributed by atoms with Crippen LogP contribution in [0.3, 0.4) is 0 Å². The molecule has 4 nitrogen and oxygen atoms in total. The first-order chi connectivity index (χ1) is 13.2. The zero-order chi connectivity index (χ0) is 18.6. The van der Waals surface area contributed by atoms with Gasteiger partial charge in [-0.2, -0.15) is 11.8 Å². The molecule has 3 aliphatic rings. The SMILES string of the molecule is NC1C2CCCC1CC(C(=O)Nc1ccc(CCN3CCSCC3)cc1)C2. The third-order valence-corrected chi connectivity index (χ3v) is 7.77. The maximum absolute atomic E-state index is 12.8. The second kappa shape index (κ2) is 8.97. The van der Waals surface area contributed by atoms with Crippen LogP contribution in [-0.4, -0.2) is 48.0 Å². The number of anilines is 1. The van der Waals surface area contributed by atoms with E-state index in [0.717, 1.165) is 31.5 Å². The summed E-state index contributed by atoms with van der Waals surface area (Å²) in [6.07, 6.45) is 6.71. The van der Waals surface area contributed by atoms with Gasteiger partial charge >= 0.3 is 0 Å². The summed E-state index contributed by atoms with van der Waals surface area (Å²) in [5, 5.41) is 3.16. The number of benzene rings is 1. The summed E-state index contributed by atoms with van der Waals surface area (Å²) < 4.78 is 0. The Morgan fingerprint density at radius 3 is 2.44 bits per heavy atom. The van der Waals surface area contributed by atoms with Gasteiger partial charge in [-0.15, -0.1) is 0 Å². The van der Waals surface area contributed by atoms with Gasteiger partial charge in [0.25, 0.3) is 0 Å². The summed E-state index contributed by atoms with van der Waals surface area (Å²) in [5.74, 6) is 3.94. The highest BCUT2D eigenvalue weighted by atomic mass is 32.2. The van der Waals surface area contributed by atoms with Crippen molar-refractivity contribution in [2.24, 2.45) is 23.5 Å². The van der Waals surface area contributed by atoms with Crippen molar-refractivity contribution in [2.75, 3.05) is 36.5 Å². The molecule has 5 heteroatoms.